The zero-order valence-corrected chi connectivity index (χ0v) is 26.3. The molecule has 1 fully saturated rings. The first-order chi connectivity index (χ1) is 20.1. The van der Waals surface area contributed by atoms with E-state index in [-0.39, 0.29) is 23.4 Å². The quantitative estimate of drug-likeness (QED) is 0.244. The van der Waals surface area contributed by atoms with Crippen LogP contribution in [0.15, 0.2) is 77.7 Å². The Morgan fingerprint density at radius 1 is 0.905 bits per heavy atom. The second-order valence-electron chi connectivity index (χ2n) is 10.5. The van der Waals surface area contributed by atoms with Crippen LogP contribution in [0.1, 0.15) is 57.1 Å². The Labute approximate surface area is 258 Å². The lowest BCUT2D eigenvalue weighted by Gasteiger charge is -2.34. The van der Waals surface area contributed by atoms with Crippen molar-refractivity contribution in [2.75, 3.05) is 10.8 Å². The molecule has 0 aromatic heterocycles. The van der Waals surface area contributed by atoms with Crippen molar-refractivity contribution in [2.24, 2.45) is 0 Å². The molecule has 0 heterocycles. The third-order valence-corrected chi connectivity index (χ3v) is 10.2. The van der Waals surface area contributed by atoms with E-state index in [0.717, 1.165) is 42.0 Å². The van der Waals surface area contributed by atoms with Crippen molar-refractivity contribution in [3.05, 3.63) is 94.0 Å². The van der Waals surface area contributed by atoms with E-state index in [1.54, 1.807) is 48.5 Å². The molecule has 1 aliphatic rings. The maximum Gasteiger partial charge on any atom is 0.264 e. The van der Waals surface area contributed by atoms with E-state index in [1.807, 2.05) is 26.0 Å². The van der Waals surface area contributed by atoms with Gasteiger partial charge in [0.25, 0.3) is 10.0 Å². The summed E-state index contributed by atoms with van der Waals surface area (Å²) in [5.74, 6) is -0.816. The summed E-state index contributed by atoms with van der Waals surface area (Å²) in [6, 6.07) is 19.4. The summed E-state index contributed by atoms with van der Waals surface area (Å²) in [7, 11) is -4.13. The normalized spacial score (nSPS) is 14.4. The van der Waals surface area contributed by atoms with Crippen molar-refractivity contribution in [3.63, 3.8) is 0 Å². The molecule has 42 heavy (non-hydrogen) atoms. The SMILES string of the molecule is CCc1ccc(N(CC(=O)N(Cc2c(Cl)cccc2Cl)[C@H](CC)C(=O)NC2CCCC2)S(=O)(=O)c2ccccc2)cc1. The summed E-state index contributed by atoms with van der Waals surface area (Å²) in [6.45, 7) is 3.27. The molecule has 3 aromatic rings. The van der Waals surface area contributed by atoms with Crippen molar-refractivity contribution in [3.8, 4) is 0 Å². The van der Waals surface area contributed by atoms with E-state index in [0.29, 0.717) is 27.7 Å². The van der Waals surface area contributed by atoms with E-state index in [1.165, 1.54) is 17.0 Å². The number of carbonyl (C=O) groups is 2. The number of hydrogen-bond acceptors (Lipinski definition) is 4. The van der Waals surface area contributed by atoms with Gasteiger partial charge in [-0.05, 0) is 67.6 Å². The first-order valence-electron chi connectivity index (χ1n) is 14.3. The van der Waals surface area contributed by atoms with Gasteiger partial charge in [0.1, 0.15) is 12.6 Å². The summed E-state index contributed by atoms with van der Waals surface area (Å²) >= 11 is 13.0. The number of halogens is 2. The zero-order valence-electron chi connectivity index (χ0n) is 23.9. The van der Waals surface area contributed by atoms with Crippen molar-refractivity contribution in [2.45, 2.75) is 75.9 Å². The minimum absolute atomic E-state index is 0.0536. The standard InChI is InChI=1S/C32H37Cl2N3O4S/c1-3-23-17-19-25(20-18-23)37(42(40,41)26-13-6-5-7-14-26)22-31(38)36(21-27-28(33)15-10-16-29(27)34)30(4-2)32(39)35-24-11-8-9-12-24/h5-7,10,13-20,24,30H,3-4,8-9,11-12,21-22H2,1-2H3,(H,35,39)/t30-/m1/s1. The molecule has 0 unspecified atom stereocenters. The van der Waals surface area contributed by atoms with Crippen LogP contribution in [0.25, 0.3) is 0 Å². The number of benzene rings is 3. The van der Waals surface area contributed by atoms with Gasteiger partial charge in [0.15, 0.2) is 0 Å². The Bertz CT molecular complexity index is 1460. The Balaban J connectivity index is 1.74. The fourth-order valence-corrected chi connectivity index (χ4v) is 7.24. The predicted octanol–water partition coefficient (Wildman–Crippen LogP) is 6.62. The van der Waals surface area contributed by atoms with Gasteiger partial charge in [0.2, 0.25) is 11.8 Å². The lowest BCUT2D eigenvalue weighted by atomic mass is 10.1. The smallest absolute Gasteiger partial charge is 0.264 e. The molecule has 0 saturated heterocycles. The van der Waals surface area contributed by atoms with Gasteiger partial charge in [-0.3, -0.25) is 13.9 Å². The summed E-state index contributed by atoms with van der Waals surface area (Å²) in [6.07, 6.45) is 4.98. The number of sulfonamides is 1. The Kier molecular flexibility index (Phi) is 10.9. The molecule has 1 aliphatic carbocycles. The Morgan fingerprint density at radius 2 is 1.52 bits per heavy atom. The molecule has 3 aromatic carbocycles. The summed E-state index contributed by atoms with van der Waals surface area (Å²) in [4.78, 5) is 29.3. The molecule has 0 aliphatic heterocycles. The van der Waals surface area contributed by atoms with Gasteiger partial charge in [0.05, 0.1) is 10.6 Å². The molecule has 1 N–H and O–H groups in total. The minimum Gasteiger partial charge on any atom is -0.352 e. The number of aryl methyl sites for hydroxylation is 1. The molecular weight excluding hydrogens is 593 g/mol. The molecule has 1 atom stereocenters. The topological polar surface area (TPSA) is 86.8 Å². The number of hydrogen-bond donors (Lipinski definition) is 1. The highest BCUT2D eigenvalue weighted by Crippen LogP contribution is 2.29. The second kappa shape index (κ2) is 14.4. The van der Waals surface area contributed by atoms with Crippen molar-refractivity contribution >= 4 is 50.7 Å². The van der Waals surface area contributed by atoms with Crippen LogP contribution in [0.5, 0.6) is 0 Å². The zero-order chi connectivity index (χ0) is 30.3. The van der Waals surface area contributed by atoms with Gasteiger partial charge in [-0.25, -0.2) is 8.42 Å². The molecule has 2 amide bonds. The molecule has 0 radical (unpaired) electrons. The third kappa shape index (κ3) is 7.46. The number of nitrogens with zero attached hydrogens (tertiary/aromatic N) is 2. The van der Waals surface area contributed by atoms with Crippen LogP contribution >= 0.6 is 23.2 Å². The Hall–Kier alpha value is -3.07. The van der Waals surface area contributed by atoms with Crippen LogP contribution in [0.4, 0.5) is 5.69 Å². The largest absolute Gasteiger partial charge is 0.352 e. The van der Waals surface area contributed by atoms with Crippen molar-refractivity contribution < 1.29 is 18.0 Å². The Morgan fingerprint density at radius 3 is 2.10 bits per heavy atom. The van der Waals surface area contributed by atoms with Gasteiger partial charge < -0.3 is 10.2 Å². The predicted molar refractivity (Wildman–Crippen MR) is 168 cm³/mol. The second-order valence-corrected chi connectivity index (χ2v) is 13.2. The van der Waals surface area contributed by atoms with Crippen LogP contribution in [0.2, 0.25) is 10.0 Å². The number of rotatable bonds is 12. The number of nitrogens with one attached hydrogen (secondary N) is 1. The molecule has 0 spiro atoms. The maximum atomic E-state index is 14.3. The van der Waals surface area contributed by atoms with E-state index < -0.39 is 28.5 Å². The van der Waals surface area contributed by atoms with Gasteiger partial charge in [-0.15, -0.1) is 0 Å². The van der Waals surface area contributed by atoms with E-state index in [9.17, 15) is 18.0 Å². The van der Waals surface area contributed by atoms with Crippen molar-refractivity contribution in [1.29, 1.82) is 0 Å². The highest BCUT2D eigenvalue weighted by Gasteiger charge is 2.35. The molecule has 7 nitrogen and oxygen atoms in total. The highest BCUT2D eigenvalue weighted by atomic mass is 35.5. The van der Waals surface area contributed by atoms with E-state index in [2.05, 4.69) is 5.32 Å². The molecule has 224 valence electrons. The van der Waals surface area contributed by atoms with Gasteiger partial charge in [-0.1, -0.05) is 86.3 Å². The van der Waals surface area contributed by atoms with Crippen LogP contribution in [-0.2, 0) is 32.6 Å². The van der Waals surface area contributed by atoms with Gasteiger partial charge in [-0.2, -0.15) is 0 Å². The third-order valence-electron chi connectivity index (χ3n) is 7.72. The summed E-state index contributed by atoms with van der Waals surface area (Å²) in [5.41, 5.74) is 1.88. The molecule has 0 bridgehead atoms. The van der Waals surface area contributed by atoms with Crippen LogP contribution in [0.3, 0.4) is 0 Å². The fraction of sp³-hybridized carbons (Fsp3) is 0.375. The number of anilines is 1. The van der Waals surface area contributed by atoms with E-state index in [4.69, 9.17) is 23.2 Å². The first-order valence-corrected chi connectivity index (χ1v) is 16.5. The fourth-order valence-electron chi connectivity index (χ4n) is 5.29. The molecule has 1 saturated carbocycles. The maximum absolute atomic E-state index is 14.3. The lowest BCUT2D eigenvalue weighted by molar-refractivity contribution is -0.140. The summed E-state index contributed by atoms with van der Waals surface area (Å²) in [5, 5.41) is 3.82. The minimum atomic E-state index is -4.13. The van der Waals surface area contributed by atoms with Gasteiger partial charge >= 0.3 is 0 Å². The van der Waals surface area contributed by atoms with Crippen molar-refractivity contribution in [1.82, 2.24) is 10.2 Å². The van der Waals surface area contributed by atoms with Crippen LogP contribution in [-0.4, -0.2) is 43.8 Å². The average Bonchev–Trinajstić information content (AvgIpc) is 3.50. The monoisotopic (exact) mass is 629 g/mol. The van der Waals surface area contributed by atoms with Crippen LogP contribution in [0, 0.1) is 0 Å². The molecule has 10 heteroatoms. The lowest BCUT2D eigenvalue weighted by Crippen LogP contribution is -2.53. The highest BCUT2D eigenvalue weighted by molar-refractivity contribution is 7.92. The van der Waals surface area contributed by atoms with E-state index >= 15 is 0 Å². The summed E-state index contributed by atoms with van der Waals surface area (Å²) < 4.78 is 29.0. The number of carbonyl (C=O) groups excluding carboxylic acids is 2. The number of amides is 2. The average molecular weight is 631 g/mol. The first kappa shape index (κ1) is 31.9. The van der Waals surface area contributed by atoms with Crippen LogP contribution < -0.4 is 9.62 Å². The molecular formula is C32H37Cl2N3O4S. The molecule has 4 rings (SSSR count). The van der Waals surface area contributed by atoms with Gasteiger partial charge in [0, 0.05) is 28.2 Å².